The first-order valence-electron chi connectivity index (χ1n) is 6.67. The highest BCUT2D eigenvalue weighted by atomic mass is 32.2. The SMILES string of the molecule is CC(C)(C)OC(=O)NCCOC(=O)SCc1ccccc1. The molecule has 0 radical (unpaired) electrons. The summed E-state index contributed by atoms with van der Waals surface area (Å²) in [4.78, 5) is 22.8. The zero-order chi connectivity index (χ0) is 15.7. The van der Waals surface area contributed by atoms with Crippen molar-refractivity contribution >= 4 is 23.2 Å². The van der Waals surface area contributed by atoms with Crippen molar-refractivity contribution in [2.45, 2.75) is 32.1 Å². The first kappa shape index (κ1) is 17.4. The number of benzene rings is 1. The van der Waals surface area contributed by atoms with Gasteiger partial charge in [-0.25, -0.2) is 9.59 Å². The normalized spacial score (nSPS) is 10.8. The van der Waals surface area contributed by atoms with Crippen molar-refractivity contribution in [3.05, 3.63) is 35.9 Å². The average Bonchev–Trinajstić information content (AvgIpc) is 2.40. The molecular weight excluding hydrogens is 290 g/mol. The molecule has 0 aliphatic rings. The Morgan fingerprint density at radius 2 is 1.86 bits per heavy atom. The Morgan fingerprint density at radius 3 is 2.48 bits per heavy atom. The van der Waals surface area contributed by atoms with E-state index in [2.05, 4.69) is 5.32 Å². The monoisotopic (exact) mass is 311 g/mol. The van der Waals surface area contributed by atoms with E-state index in [1.54, 1.807) is 20.8 Å². The molecule has 1 amide bonds. The number of carbonyl (C=O) groups is 2. The van der Waals surface area contributed by atoms with Gasteiger partial charge in [-0.2, -0.15) is 0 Å². The minimum Gasteiger partial charge on any atom is -0.456 e. The molecule has 5 nitrogen and oxygen atoms in total. The molecule has 116 valence electrons. The smallest absolute Gasteiger partial charge is 0.407 e. The van der Waals surface area contributed by atoms with E-state index < -0.39 is 11.7 Å². The summed E-state index contributed by atoms with van der Waals surface area (Å²) in [5, 5.41) is 2.16. The Kier molecular flexibility index (Phi) is 7.08. The molecule has 0 spiro atoms. The number of ether oxygens (including phenoxy) is 2. The number of hydrogen-bond acceptors (Lipinski definition) is 5. The lowest BCUT2D eigenvalue weighted by Crippen LogP contribution is -2.34. The Balaban J connectivity index is 2.10. The fourth-order valence-electron chi connectivity index (χ4n) is 1.36. The van der Waals surface area contributed by atoms with Gasteiger partial charge in [0, 0.05) is 5.75 Å². The summed E-state index contributed by atoms with van der Waals surface area (Å²) in [6.07, 6.45) is -0.518. The van der Waals surface area contributed by atoms with Gasteiger partial charge >= 0.3 is 11.4 Å². The molecule has 0 saturated carbocycles. The van der Waals surface area contributed by atoms with Crippen molar-refractivity contribution in [1.29, 1.82) is 0 Å². The van der Waals surface area contributed by atoms with Crippen molar-refractivity contribution in [3.8, 4) is 0 Å². The van der Waals surface area contributed by atoms with Crippen LogP contribution in [0.15, 0.2) is 30.3 Å². The molecule has 0 heterocycles. The van der Waals surface area contributed by atoms with Crippen molar-refractivity contribution in [1.82, 2.24) is 5.32 Å². The Morgan fingerprint density at radius 1 is 1.19 bits per heavy atom. The fourth-order valence-corrected chi connectivity index (χ4v) is 2.00. The second kappa shape index (κ2) is 8.56. The maximum atomic E-state index is 11.5. The van der Waals surface area contributed by atoms with Crippen LogP contribution in [0.1, 0.15) is 26.3 Å². The van der Waals surface area contributed by atoms with Crippen LogP contribution in [-0.2, 0) is 15.2 Å². The molecule has 0 bridgehead atoms. The Hall–Kier alpha value is -1.69. The molecule has 1 rings (SSSR count). The number of rotatable bonds is 5. The van der Waals surface area contributed by atoms with Gasteiger partial charge in [0.25, 0.3) is 0 Å². The van der Waals surface area contributed by atoms with E-state index in [9.17, 15) is 9.59 Å². The molecule has 0 aliphatic carbocycles. The summed E-state index contributed by atoms with van der Waals surface area (Å²) in [6, 6.07) is 9.67. The van der Waals surface area contributed by atoms with Crippen LogP contribution in [0.5, 0.6) is 0 Å². The summed E-state index contributed by atoms with van der Waals surface area (Å²) in [5.41, 5.74) is 0.526. The van der Waals surface area contributed by atoms with E-state index >= 15 is 0 Å². The standard InChI is InChI=1S/C15H21NO4S/c1-15(2,3)20-13(17)16-9-10-19-14(18)21-11-12-7-5-4-6-8-12/h4-8H,9-11H2,1-3H3,(H,16,17). The Bertz CT molecular complexity index is 456. The number of alkyl carbamates (subject to hydrolysis) is 1. The molecule has 0 atom stereocenters. The minimum absolute atomic E-state index is 0.125. The number of amides is 1. The molecule has 21 heavy (non-hydrogen) atoms. The second-order valence-corrected chi connectivity index (χ2v) is 6.21. The van der Waals surface area contributed by atoms with Gasteiger partial charge in [0.1, 0.15) is 12.2 Å². The van der Waals surface area contributed by atoms with E-state index in [0.717, 1.165) is 17.3 Å². The van der Waals surface area contributed by atoms with Gasteiger partial charge in [-0.05, 0) is 38.1 Å². The predicted molar refractivity (Wildman–Crippen MR) is 83.3 cm³/mol. The van der Waals surface area contributed by atoms with E-state index in [1.807, 2.05) is 30.3 Å². The molecule has 0 saturated heterocycles. The van der Waals surface area contributed by atoms with Crippen LogP contribution in [-0.4, -0.2) is 30.1 Å². The van der Waals surface area contributed by atoms with E-state index in [0.29, 0.717) is 5.75 Å². The summed E-state index contributed by atoms with van der Waals surface area (Å²) in [5.74, 6) is 0.569. The zero-order valence-corrected chi connectivity index (χ0v) is 13.4. The van der Waals surface area contributed by atoms with Gasteiger partial charge in [0.15, 0.2) is 0 Å². The predicted octanol–water partition coefficient (Wildman–Crippen LogP) is 3.58. The van der Waals surface area contributed by atoms with Gasteiger partial charge in [-0.1, -0.05) is 30.3 Å². The van der Waals surface area contributed by atoms with Crippen LogP contribution >= 0.6 is 11.8 Å². The lowest BCUT2D eigenvalue weighted by molar-refractivity contribution is 0.0515. The van der Waals surface area contributed by atoms with Crippen molar-refractivity contribution in [2.75, 3.05) is 13.2 Å². The van der Waals surface area contributed by atoms with Gasteiger partial charge in [-0.15, -0.1) is 0 Å². The zero-order valence-electron chi connectivity index (χ0n) is 12.5. The molecule has 1 N–H and O–H groups in total. The maximum Gasteiger partial charge on any atom is 0.407 e. The van der Waals surface area contributed by atoms with Crippen molar-refractivity contribution in [2.24, 2.45) is 0 Å². The quantitative estimate of drug-likeness (QED) is 0.665. The van der Waals surface area contributed by atoms with Crippen LogP contribution in [0.3, 0.4) is 0 Å². The highest BCUT2D eigenvalue weighted by Gasteiger charge is 2.15. The molecule has 0 fully saturated rings. The third-order valence-corrected chi connectivity index (χ3v) is 3.02. The fraction of sp³-hybridized carbons (Fsp3) is 0.467. The van der Waals surface area contributed by atoms with Gasteiger partial charge in [0.05, 0.1) is 6.54 Å². The third-order valence-electron chi connectivity index (χ3n) is 2.19. The van der Waals surface area contributed by atoms with Crippen LogP contribution in [0.4, 0.5) is 9.59 Å². The van der Waals surface area contributed by atoms with Crippen molar-refractivity contribution in [3.63, 3.8) is 0 Å². The lowest BCUT2D eigenvalue weighted by Gasteiger charge is -2.19. The van der Waals surface area contributed by atoms with E-state index in [4.69, 9.17) is 9.47 Å². The summed E-state index contributed by atoms with van der Waals surface area (Å²) >= 11 is 1.09. The van der Waals surface area contributed by atoms with Gasteiger partial charge in [0.2, 0.25) is 0 Å². The topological polar surface area (TPSA) is 64.6 Å². The highest BCUT2D eigenvalue weighted by Crippen LogP contribution is 2.13. The average molecular weight is 311 g/mol. The number of nitrogens with one attached hydrogen (secondary N) is 1. The second-order valence-electron chi connectivity index (χ2n) is 5.30. The summed E-state index contributed by atoms with van der Waals surface area (Å²) in [6.45, 7) is 5.71. The number of carbonyl (C=O) groups excluding carboxylic acids is 2. The molecule has 0 aromatic heterocycles. The molecule has 6 heteroatoms. The molecule has 0 unspecified atom stereocenters. The number of thioether (sulfide) groups is 1. The van der Waals surface area contributed by atoms with Crippen LogP contribution in [0.2, 0.25) is 0 Å². The highest BCUT2D eigenvalue weighted by molar-refractivity contribution is 8.12. The summed E-state index contributed by atoms with van der Waals surface area (Å²) < 4.78 is 10.1. The first-order valence-corrected chi connectivity index (χ1v) is 7.66. The third kappa shape index (κ3) is 8.96. The van der Waals surface area contributed by atoms with Crippen LogP contribution in [0, 0.1) is 0 Å². The molecule has 1 aromatic carbocycles. The van der Waals surface area contributed by atoms with Gasteiger partial charge in [-0.3, -0.25) is 0 Å². The lowest BCUT2D eigenvalue weighted by atomic mass is 10.2. The first-order chi connectivity index (χ1) is 9.87. The van der Waals surface area contributed by atoms with Crippen molar-refractivity contribution < 1.29 is 19.1 Å². The largest absolute Gasteiger partial charge is 0.456 e. The summed E-state index contributed by atoms with van der Waals surface area (Å²) in [7, 11) is 0. The van der Waals surface area contributed by atoms with Gasteiger partial charge < -0.3 is 14.8 Å². The number of hydrogen-bond donors (Lipinski definition) is 1. The maximum absolute atomic E-state index is 11.5. The molecule has 1 aromatic rings. The van der Waals surface area contributed by atoms with Crippen LogP contribution in [0.25, 0.3) is 0 Å². The minimum atomic E-state index is -0.535. The molecule has 0 aliphatic heterocycles. The molecular formula is C15H21NO4S. The Labute approximate surface area is 129 Å². The van der Waals surface area contributed by atoms with E-state index in [1.165, 1.54) is 0 Å². The van der Waals surface area contributed by atoms with E-state index in [-0.39, 0.29) is 18.5 Å². The van der Waals surface area contributed by atoms with Crippen LogP contribution < -0.4 is 5.32 Å².